The molecule has 1 aromatic heterocycles. The lowest BCUT2D eigenvalue weighted by molar-refractivity contribution is -0.113. The highest BCUT2D eigenvalue weighted by Gasteiger charge is 2.28. The number of benzene rings is 1. The van der Waals surface area contributed by atoms with Crippen LogP contribution in [0.4, 0.5) is 20.7 Å². The summed E-state index contributed by atoms with van der Waals surface area (Å²) in [5.74, 6) is 0.108. The van der Waals surface area contributed by atoms with Crippen molar-refractivity contribution in [2.24, 2.45) is 0 Å². The smallest absolute Gasteiger partial charge is 0.317 e. The van der Waals surface area contributed by atoms with E-state index < -0.39 is 0 Å². The van der Waals surface area contributed by atoms with Crippen molar-refractivity contribution in [3.8, 4) is 0 Å². The Balaban J connectivity index is 1.59. The van der Waals surface area contributed by atoms with Crippen molar-refractivity contribution < 1.29 is 14.0 Å². The summed E-state index contributed by atoms with van der Waals surface area (Å²) in [6, 6.07) is 7.23. The molecule has 1 atom stereocenters. The molecule has 1 aromatic carbocycles. The van der Waals surface area contributed by atoms with Gasteiger partial charge in [0.05, 0.1) is 5.75 Å². The van der Waals surface area contributed by atoms with Crippen molar-refractivity contribution in [1.29, 1.82) is 0 Å². The van der Waals surface area contributed by atoms with Gasteiger partial charge in [0.25, 0.3) is 0 Å². The van der Waals surface area contributed by atoms with Crippen LogP contribution in [0.5, 0.6) is 0 Å². The first kappa shape index (κ1) is 24.1. The molecule has 32 heavy (non-hydrogen) atoms. The maximum Gasteiger partial charge on any atom is 0.317 e. The zero-order valence-corrected chi connectivity index (χ0v) is 19.7. The van der Waals surface area contributed by atoms with E-state index in [0.717, 1.165) is 11.8 Å². The van der Waals surface area contributed by atoms with E-state index in [1.54, 1.807) is 6.07 Å². The number of aromatic nitrogens is 2. The van der Waals surface area contributed by atoms with Gasteiger partial charge in [0, 0.05) is 43.5 Å². The molecule has 0 aliphatic carbocycles. The highest BCUT2D eigenvalue weighted by atomic mass is 35.5. The minimum Gasteiger partial charge on any atom is -0.353 e. The zero-order valence-electron chi connectivity index (χ0n) is 18.1. The predicted octanol–water partition coefficient (Wildman–Crippen LogP) is 3.63. The van der Waals surface area contributed by atoms with E-state index in [9.17, 15) is 14.0 Å². The molecule has 8 nitrogen and oxygen atoms in total. The molecular formula is C21H26ClFN6O2S. The number of hydrogen-bond acceptors (Lipinski definition) is 6. The van der Waals surface area contributed by atoms with Crippen molar-refractivity contribution >= 4 is 46.8 Å². The largest absolute Gasteiger partial charge is 0.353 e. The van der Waals surface area contributed by atoms with Crippen LogP contribution < -0.4 is 15.5 Å². The molecule has 2 N–H and O–H groups in total. The second-order valence-electron chi connectivity index (χ2n) is 7.77. The average molecular weight is 481 g/mol. The van der Waals surface area contributed by atoms with Crippen LogP contribution in [0.25, 0.3) is 0 Å². The third kappa shape index (κ3) is 6.70. The predicted molar refractivity (Wildman–Crippen MR) is 125 cm³/mol. The number of piperazine rings is 1. The van der Waals surface area contributed by atoms with Gasteiger partial charge < -0.3 is 20.4 Å². The standard InChI is InChI=1S/C21H26ClFN6O2S/c1-13(2)24-21(31)29-9-8-28(11-14(29)3)18-10-17(22)26-20(27-18)32-12-19(30)25-16-6-4-15(23)5-7-16/h4-7,10,13-14H,8-9,11-12H2,1-3H3,(H,24,31)(H,25,30). The second-order valence-corrected chi connectivity index (χ2v) is 9.10. The number of nitrogens with zero attached hydrogens (tertiary/aromatic N) is 4. The van der Waals surface area contributed by atoms with Crippen LogP contribution >= 0.6 is 23.4 Å². The van der Waals surface area contributed by atoms with Crippen molar-refractivity contribution in [1.82, 2.24) is 20.2 Å². The summed E-state index contributed by atoms with van der Waals surface area (Å²) in [6.07, 6.45) is 0. The Morgan fingerprint density at radius 3 is 2.62 bits per heavy atom. The van der Waals surface area contributed by atoms with Crippen LogP contribution in [0.2, 0.25) is 5.15 Å². The van der Waals surface area contributed by atoms with Gasteiger partial charge in [0.15, 0.2) is 5.16 Å². The number of urea groups is 1. The summed E-state index contributed by atoms with van der Waals surface area (Å²) in [6.45, 7) is 7.63. The number of anilines is 2. The first-order chi connectivity index (χ1) is 15.2. The fourth-order valence-corrected chi connectivity index (χ4v) is 4.15. The number of carbonyl (C=O) groups excluding carboxylic acids is 2. The van der Waals surface area contributed by atoms with E-state index in [2.05, 4.69) is 25.5 Å². The summed E-state index contributed by atoms with van der Waals surface area (Å²) in [4.78, 5) is 37.2. The van der Waals surface area contributed by atoms with Crippen LogP contribution in [0, 0.1) is 5.82 Å². The molecular weight excluding hydrogens is 455 g/mol. The maximum atomic E-state index is 13.0. The Morgan fingerprint density at radius 1 is 1.25 bits per heavy atom. The molecule has 172 valence electrons. The van der Waals surface area contributed by atoms with E-state index in [-0.39, 0.29) is 40.7 Å². The Morgan fingerprint density at radius 2 is 1.97 bits per heavy atom. The minimum absolute atomic E-state index is 0.00571. The van der Waals surface area contributed by atoms with E-state index in [0.29, 0.717) is 36.3 Å². The van der Waals surface area contributed by atoms with Crippen molar-refractivity contribution in [3.63, 3.8) is 0 Å². The summed E-state index contributed by atoms with van der Waals surface area (Å²) in [5.41, 5.74) is 0.512. The van der Waals surface area contributed by atoms with Crippen LogP contribution in [0.3, 0.4) is 0 Å². The monoisotopic (exact) mass is 480 g/mol. The van der Waals surface area contributed by atoms with Gasteiger partial charge in [-0.25, -0.2) is 19.2 Å². The molecule has 0 saturated carbocycles. The lowest BCUT2D eigenvalue weighted by atomic mass is 10.2. The Hall–Kier alpha value is -2.59. The van der Waals surface area contributed by atoms with Crippen molar-refractivity contribution in [3.05, 3.63) is 41.3 Å². The molecule has 0 radical (unpaired) electrons. The van der Waals surface area contributed by atoms with Gasteiger partial charge in [-0.1, -0.05) is 23.4 Å². The molecule has 1 aliphatic rings. The fraction of sp³-hybridized carbons (Fsp3) is 0.429. The summed E-state index contributed by atoms with van der Waals surface area (Å²) >= 11 is 7.36. The normalized spacial score (nSPS) is 16.2. The van der Waals surface area contributed by atoms with E-state index in [1.807, 2.05) is 25.7 Å². The van der Waals surface area contributed by atoms with Gasteiger partial charge in [-0.3, -0.25) is 4.79 Å². The van der Waals surface area contributed by atoms with Gasteiger partial charge in [-0.15, -0.1) is 0 Å². The molecule has 1 fully saturated rings. The van der Waals surface area contributed by atoms with Crippen molar-refractivity contribution in [2.75, 3.05) is 35.6 Å². The van der Waals surface area contributed by atoms with E-state index >= 15 is 0 Å². The summed E-state index contributed by atoms with van der Waals surface area (Å²) < 4.78 is 13.0. The van der Waals surface area contributed by atoms with Crippen LogP contribution in [-0.2, 0) is 4.79 Å². The second kappa shape index (κ2) is 10.8. The number of nitrogens with one attached hydrogen (secondary N) is 2. The van der Waals surface area contributed by atoms with Crippen LogP contribution in [-0.4, -0.2) is 64.3 Å². The number of halogens is 2. The number of rotatable bonds is 6. The lowest BCUT2D eigenvalue weighted by Crippen LogP contribution is -2.57. The van der Waals surface area contributed by atoms with Gasteiger partial charge >= 0.3 is 6.03 Å². The Kier molecular flexibility index (Phi) is 8.14. The third-order valence-electron chi connectivity index (χ3n) is 4.75. The van der Waals surface area contributed by atoms with Crippen molar-refractivity contribution in [2.45, 2.75) is 38.0 Å². The fourth-order valence-electron chi connectivity index (χ4n) is 3.27. The summed E-state index contributed by atoms with van der Waals surface area (Å²) in [7, 11) is 0. The first-order valence-electron chi connectivity index (χ1n) is 10.3. The molecule has 3 amide bonds. The molecule has 2 heterocycles. The molecule has 1 aliphatic heterocycles. The summed E-state index contributed by atoms with van der Waals surface area (Å²) in [5, 5.41) is 6.29. The topological polar surface area (TPSA) is 90.5 Å². The number of carbonyl (C=O) groups is 2. The molecule has 1 saturated heterocycles. The highest BCUT2D eigenvalue weighted by molar-refractivity contribution is 7.99. The Labute approximate surface area is 195 Å². The average Bonchev–Trinajstić information content (AvgIpc) is 2.73. The number of amides is 3. The molecule has 1 unspecified atom stereocenters. The Bertz CT molecular complexity index is 962. The molecule has 0 bridgehead atoms. The van der Waals surface area contributed by atoms with Gasteiger partial charge in [-0.2, -0.15) is 0 Å². The third-order valence-corrected chi connectivity index (χ3v) is 5.79. The van der Waals surface area contributed by atoms with Gasteiger partial charge in [0.1, 0.15) is 16.8 Å². The van der Waals surface area contributed by atoms with E-state index in [4.69, 9.17) is 11.6 Å². The van der Waals surface area contributed by atoms with Gasteiger partial charge in [0.2, 0.25) is 5.91 Å². The number of thioether (sulfide) groups is 1. The highest BCUT2D eigenvalue weighted by Crippen LogP contribution is 2.24. The van der Waals surface area contributed by atoms with E-state index in [1.165, 1.54) is 24.3 Å². The minimum atomic E-state index is -0.368. The SMILES string of the molecule is CC(C)NC(=O)N1CCN(c2cc(Cl)nc(SCC(=O)Nc3ccc(F)cc3)n2)CC1C. The molecule has 3 rings (SSSR count). The molecule has 0 spiro atoms. The molecule has 2 aromatic rings. The van der Waals surface area contributed by atoms with Crippen LogP contribution in [0.1, 0.15) is 20.8 Å². The first-order valence-corrected chi connectivity index (χ1v) is 11.6. The van der Waals surface area contributed by atoms with Gasteiger partial charge in [-0.05, 0) is 45.0 Å². The molecule has 11 heteroatoms. The van der Waals surface area contributed by atoms with Crippen LogP contribution in [0.15, 0.2) is 35.5 Å². The zero-order chi connectivity index (χ0) is 23.3. The quantitative estimate of drug-likeness (QED) is 0.373. The maximum absolute atomic E-state index is 13.0. The lowest BCUT2D eigenvalue weighted by Gasteiger charge is -2.40. The number of hydrogen-bond donors (Lipinski definition) is 2.